The lowest BCUT2D eigenvalue weighted by molar-refractivity contribution is -0.136. The molecule has 0 bridgehead atoms. The van der Waals surface area contributed by atoms with Crippen LogP contribution in [0.4, 0.5) is 0 Å². The monoisotopic (exact) mass is 388 g/mol. The summed E-state index contributed by atoms with van der Waals surface area (Å²) in [5, 5.41) is 1.01. The SMILES string of the molecule is COC(=O)c1cc(Cl)ccc1OC(=O)COc1ccc(Cl)cc1Cl. The van der Waals surface area contributed by atoms with Crippen molar-refractivity contribution < 1.29 is 23.8 Å². The Bertz CT molecular complexity index is 776. The summed E-state index contributed by atoms with van der Waals surface area (Å²) in [4.78, 5) is 23.6. The second-order valence-corrected chi connectivity index (χ2v) is 5.75. The van der Waals surface area contributed by atoms with Gasteiger partial charge in [-0.15, -0.1) is 0 Å². The fraction of sp³-hybridized carbons (Fsp3) is 0.125. The number of halogens is 3. The van der Waals surface area contributed by atoms with Gasteiger partial charge in [0, 0.05) is 10.0 Å². The molecule has 0 aliphatic carbocycles. The molecule has 0 aliphatic heterocycles. The van der Waals surface area contributed by atoms with Crippen LogP contribution >= 0.6 is 34.8 Å². The Morgan fingerprint density at radius 2 is 1.58 bits per heavy atom. The molecule has 0 radical (unpaired) electrons. The Balaban J connectivity index is 2.06. The molecule has 0 aliphatic rings. The van der Waals surface area contributed by atoms with Crippen LogP contribution in [0, 0.1) is 0 Å². The summed E-state index contributed by atoms with van der Waals surface area (Å²) in [6, 6.07) is 8.79. The summed E-state index contributed by atoms with van der Waals surface area (Å²) < 4.78 is 15.0. The standard InChI is InChI=1S/C16H11Cl3O5/c1-22-16(21)11-6-9(17)2-4-13(11)24-15(20)8-23-14-5-3-10(18)7-12(14)19/h2-7H,8H2,1H3. The third-order valence-electron chi connectivity index (χ3n) is 2.81. The molecule has 24 heavy (non-hydrogen) atoms. The van der Waals surface area contributed by atoms with E-state index in [1.807, 2.05) is 0 Å². The van der Waals surface area contributed by atoms with Crippen LogP contribution in [-0.4, -0.2) is 25.7 Å². The molecule has 126 valence electrons. The lowest BCUT2D eigenvalue weighted by Crippen LogP contribution is -2.19. The molecule has 0 saturated heterocycles. The second-order valence-electron chi connectivity index (χ2n) is 4.47. The van der Waals surface area contributed by atoms with Crippen molar-refractivity contribution in [3.8, 4) is 11.5 Å². The summed E-state index contributed by atoms with van der Waals surface area (Å²) in [6.07, 6.45) is 0. The van der Waals surface area contributed by atoms with E-state index in [9.17, 15) is 9.59 Å². The van der Waals surface area contributed by atoms with Crippen molar-refractivity contribution in [2.45, 2.75) is 0 Å². The van der Waals surface area contributed by atoms with Gasteiger partial charge in [-0.2, -0.15) is 0 Å². The summed E-state index contributed by atoms with van der Waals surface area (Å²) in [6.45, 7) is -0.412. The van der Waals surface area contributed by atoms with Gasteiger partial charge < -0.3 is 14.2 Å². The van der Waals surface area contributed by atoms with E-state index in [0.29, 0.717) is 10.0 Å². The molecule has 8 heteroatoms. The molecule has 0 amide bonds. The summed E-state index contributed by atoms with van der Waals surface area (Å²) in [5.41, 5.74) is 0.0304. The molecule has 5 nitrogen and oxygen atoms in total. The summed E-state index contributed by atoms with van der Waals surface area (Å²) in [7, 11) is 1.21. The second kappa shape index (κ2) is 8.24. The van der Waals surface area contributed by atoms with Crippen molar-refractivity contribution in [3.63, 3.8) is 0 Å². The Kier molecular flexibility index (Phi) is 6.31. The van der Waals surface area contributed by atoms with Crippen molar-refractivity contribution in [2.75, 3.05) is 13.7 Å². The molecular weight excluding hydrogens is 379 g/mol. The average Bonchev–Trinajstić information content (AvgIpc) is 2.55. The van der Waals surface area contributed by atoms with Crippen LogP contribution in [0.3, 0.4) is 0 Å². The van der Waals surface area contributed by atoms with Crippen LogP contribution in [0.5, 0.6) is 11.5 Å². The van der Waals surface area contributed by atoms with Gasteiger partial charge in [0.15, 0.2) is 6.61 Å². The maximum atomic E-state index is 11.9. The first kappa shape index (κ1) is 18.4. The molecule has 0 N–H and O–H groups in total. The molecule has 0 unspecified atom stereocenters. The molecule has 0 aromatic heterocycles. The highest BCUT2D eigenvalue weighted by atomic mass is 35.5. The number of hydrogen-bond acceptors (Lipinski definition) is 5. The van der Waals surface area contributed by atoms with Crippen LogP contribution in [0.2, 0.25) is 15.1 Å². The van der Waals surface area contributed by atoms with Crippen molar-refractivity contribution in [3.05, 3.63) is 57.0 Å². The highest BCUT2D eigenvalue weighted by Gasteiger charge is 2.17. The third-order valence-corrected chi connectivity index (χ3v) is 3.58. The Hall–Kier alpha value is -1.95. The van der Waals surface area contributed by atoms with Gasteiger partial charge in [-0.3, -0.25) is 0 Å². The number of carbonyl (C=O) groups excluding carboxylic acids is 2. The smallest absolute Gasteiger partial charge is 0.349 e. The highest BCUT2D eigenvalue weighted by molar-refractivity contribution is 6.35. The van der Waals surface area contributed by atoms with E-state index in [1.165, 1.54) is 37.4 Å². The minimum Gasteiger partial charge on any atom is -0.480 e. The highest BCUT2D eigenvalue weighted by Crippen LogP contribution is 2.28. The maximum absolute atomic E-state index is 11.9. The van der Waals surface area contributed by atoms with Gasteiger partial charge in [0.05, 0.1) is 12.1 Å². The number of methoxy groups -OCH3 is 1. The van der Waals surface area contributed by atoms with Gasteiger partial charge in [0.2, 0.25) is 0 Å². The number of hydrogen-bond donors (Lipinski definition) is 0. The minimum absolute atomic E-state index is 0.0158. The van der Waals surface area contributed by atoms with Crippen molar-refractivity contribution in [2.24, 2.45) is 0 Å². The van der Waals surface area contributed by atoms with E-state index in [-0.39, 0.29) is 22.1 Å². The number of carbonyl (C=O) groups is 2. The van der Waals surface area contributed by atoms with Gasteiger partial charge in [0.25, 0.3) is 0 Å². The van der Waals surface area contributed by atoms with Gasteiger partial charge >= 0.3 is 11.9 Å². The van der Waals surface area contributed by atoms with Crippen molar-refractivity contribution in [1.29, 1.82) is 0 Å². The molecule has 0 spiro atoms. The van der Waals surface area contributed by atoms with Gasteiger partial charge in [0.1, 0.15) is 17.1 Å². The predicted molar refractivity (Wildman–Crippen MR) is 90.4 cm³/mol. The van der Waals surface area contributed by atoms with Crippen LogP contribution < -0.4 is 9.47 Å². The molecule has 2 rings (SSSR count). The first-order valence-electron chi connectivity index (χ1n) is 6.57. The van der Waals surface area contributed by atoms with E-state index < -0.39 is 18.5 Å². The van der Waals surface area contributed by atoms with Crippen LogP contribution in [0.1, 0.15) is 10.4 Å². The minimum atomic E-state index is -0.728. The van der Waals surface area contributed by atoms with Crippen molar-refractivity contribution in [1.82, 2.24) is 0 Å². The fourth-order valence-corrected chi connectivity index (χ4v) is 2.38. The van der Waals surface area contributed by atoms with Gasteiger partial charge in [-0.05, 0) is 36.4 Å². The van der Waals surface area contributed by atoms with Crippen molar-refractivity contribution >= 4 is 46.7 Å². The molecule has 0 atom stereocenters. The summed E-state index contributed by atoms with van der Waals surface area (Å²) >= 11 is 17.5. The molecule has 2 aromatic rings. The Morgan fingerprint density at radius 3 is 2.21 bits per heavy atom. The number of esters is 2. The molecule has 0 fully saturated rings. The van der Waals surface area contributed by atoms with E-state index in [4.69, 9.17) is 44.3 Å². The quantitative estimate of drug-likeness (QED) is 0.559. The molecular formula is C16H11Cl3O5. The number of benzene rings is 2. The number of ether oxygens (including phenoxy) is 3. The van der Waals surface area contributed by atoms with E-state index >= 15 is 0 Å². The third kappa shape index (κ3) is 4.77. The van der Waals surface area contributed by atoms with E-state index in [2.05, 4.69) is 4.74 Å². The molecule has 0 saturated carbocycles. The first-order valence-corrected chi connectivity index (χ1v) is 7.70. The average molecular weight is 390 g/mol. The number of rotatable bonds is 5. The maximum Gasteiger partial charge on any atom is 0.349 e. The zero-order chi connectivity index (χ0) is 17.7. The zero-order valence-corrected chi connectivity index (χ0v) is 14.6. The summed E-state index contributed by atoms with van der Waals surface area (Å²) in [5.74, 6) is -1.11. The van der Waals surface area contributed by atoms with Crippen LogP contribution in [0.25, 0.3) is 0 Å². The lowest BCUT2D eigenvalue weighted by Gasteiger charge is -2.10. The molecule has 2 aromatic carbocycles. The van der Waals surface area contributed by atoms with E-state index in [1.54, 1.807) is 6.07 Å². The Morgan fingerprint density at radius 1 is 0.958 bits per heavy atom. The fourth-order valence-electron chi connectivity index (χ4n) is 1.74. The Labute approximate surface area is 153 Å². The predicted octanol–water partition coefficient (Wildman–Crippen LogP) is 4.42. The topological polar surface area (TPSA) is 61.8 Å². The van der Waals surface area contributed by atoms with Crippen LogP contribution in [-0.2, 0) is 9.53 Å². The van der Waals surface area contributed by atoms with Gasteiger partial charge in [-0.1, -0.05) is 34.8 Å². The lowest BCUT2D eigenvalue weighted by atomic mass is 10.2. The molecule has 0 heterocycles. The van der Waals surface area contributed by atoms with E-state index in [0.717, 1.165) is 0 Å². The van der Waals surface area contributed by atoms with Crippen LogP contribution in [0.15, 0.2) is 36.4 Å². The first-order chi connectivity index (χ1) is 11.4. The normalized spacial score (nSPS) is 10.2. The zero-order valence-electron chi connectivity index (χ0n) is 12.3. The largest absolute Gasteiger partial charge is 0.480 e. The van der Waals surface area contributed by atoms with Gasteiger partial charge in [-0.25, -0.2) is 9.59 Å².